The van der Waals surface area contributed by atoms with E-state index in [1.54, 1.807) is 6.20 Å². The summed E-state index contributed by atoms with van der Waals surface area (Å²) in [5.74, 6) is 0. The average Bonchev–Trinajstić information content (AvgIpc) is 2.30. The topological polar surface area (TPSA) is 59.4 Å². The molecule has 0 spiro atoms. The Kier molecular flexibility index (Phi) is 10.3. The summed E-state index contributed by atoms with van der Waals surface area (Å²) in [7, 11) is -2.78. The molecular weight excluding hydrogens is 225 g/mol. The number of unbranched alkanes of at least 4 members (excludes halogenated alkanes) is 1. The molecule has 1 heterocycles. The zero-order valence-electron chi connectivity index (χ0n) is 9.85. The minimum atomic E-state index is -2.78. The van der Waals surface area contributed by atoms with Crippen molar-refractivity contribution in [3.63, 3.8) is 0 Å². The number of aromatic nitrogens is 1. The van der Waals surface area contributed by atoms with Crippen LogP contribution in [0.3, 0.4) is 0 Å². The number of rotatable bonds is 5. The van der Waals surface area contributed by atoms with Gasteiger partial charge in [0.05, 0.1) is 6.61 Å². The van der Waals surface area contributed by atoms with Crippen molar-refractivity contribution in [3.05, 3.63) is 30.1 Å². The molecule has 16 heavy (non-hydrogen) atoms. The summed E-state index contributed by atoms with van der Waals surface area (Å²) in [6, 6.07) is 5.53. The molecule has 0 aliphatic rings. The minimum Gasteiger partial charge on any atom is -0.326 e. The fourth-order valence-electron chi connectivity index (χ4n) is 0.789. The zero-order valence-corrected chi connectivity index (χ0v) is 10.8. The molecule has 1 rings (SSSR count). The molecule has 0 aliphatic carbocycles. The Bertz CT molecular complexity index is 278. The van der Waals surface area contributed by atoms with Gasteiger partial charge in [0, 0.05) is 18.3 Å². The smallest absolute Gasteiger partial charge is 0.316 e. The summed E-state index contributed by atoms with van der Waals surface area (Å²) in [6.07, 6.45) is 4.88. The number of hydrogen-bond donors (Lipinski definition) is 1. The first-order valence-corrected chi connectivity index (χ1v) is 6.72. The van der Waals surface area contributed by atoms with E-state index in [2.05, 4.69) is 23.4 Å². The third-order valence-corrected chi connectivity index (χ3v) is 2.26. The lowest BCUT2D eigenvalue weighted by Crippen LogP contribution is -1.94. The quantitative estimate of drug-likeness (QED) is 0.810. The first kappa shape index (κ1) is 15.3. The standard InChI is InChI=1S/C7H10NO3P.C4H10/c9-12(10)11-6-4-7-3-1-2-5-8-7;1-3-4-2/h1-3,5,12H,4,6H2,(H,9,10);3-4H2,1-2H3. The molecule has 0 aromatic carbocycles. The average molecular weight is 245 g/mol. The Balaban J connectivity index is 0.000000487. The molecule has 1 N–H and O–H groups in total. The van der Waals surface area contributed by atoms with E-state index in [1.165, 1.54) is 12.8 Å². The number of hydrogen-bond acceptors (Lipinski definition) is 3. The third-order valence-electron chi connectivity index (χ3n) is 1.81. The van der Waals surface area contributed by atoms with E-state index in [-0.39, 0.29) is 6.61 Å². The van der Waals surface area contributed by atoms with Crippen LogP contribution in [0, 0.1) is 0 Å². The first-order chi connectivity index (χ1) is 7.70. The van der Waals surface area contributed by atoms with Crippen LogP contribution in [-0.2, 0) is 15.5 Å². The van der Waals surface area contributed by atoms with Crippen LogP contribution in [0.2, 0.25) is 0 Å². The van der Waals surface area contributed by atoms with Crippen LogP contribution >= 0.6 is 8.25 Å². The second-order valence-electron chi connectivity index (χ2n) is 3.19. The second kappa shape index (κ2) is 10.8. The van der Waals surface area contributed by atoms with Gasteiger partial charge in [0.15, 0.2) is 0 Å². The lowest BCUT2D eigenvalue weighted by Gasteiger charge is -1.98. The second-order valence-corrected chi connectivity index (χ2v) is 4.01. The highest BCUT2D eigenvalue weighted by molar-refractivity contribution is 7.32. The van der Waals surface area contributed by atoms with Gasteiger partial charge in [0.2, 0.25) is 0 Å². The Labute approximate surface area is 97.6 Å². The van der Waals surface area contributed by atoms with Gasteiger partial charge in [-0.2, -0.15) is 0 Å². The molecular formula is C11H20NO3P. The lowest BCUT2D eigenvalue weighted by molar-refractivity contribution is 0.284. The van der Waals surface area contributed by atoms with Gasteiger partial charge < -0.3 is 9.42 Å². The van der Waals surface area contributed by atoms with Gasteiger partial charge >= 0.3 is 8.25 Å². The molecule has 1 aromatic heterocycles. The summed E-state index contributed by atoms with van der Waals surface area (Å²) >= 11 is 0. The molecule has 0 saturated carbocycles. The zero-order chi connectivity index (χ0) is 12.2. The van der Waals surface area contributed by atoms with Crippen molar-refractivity contribution in [1.29, 1.82) is 0 Å². The maximum atomic E-state index is 10.1. The molecule has 92 valence electrons. The molecule has 0 aliphatic heterocycles. The molecule has 1 unspecified atom stereocenters. The Morgan fingerprint density at radius 3 is 2.50 bits per heavy atom. The molecule has 0 bridgehead atoms. The van der Waals surface area contributed by atoms with Gasteiger partial charge in [0.1, 0.15) is 0 Å². The Morgan fingerprint density at radius 2 is 2.06 bits per heavy atom. The van der Waals surface area contributed by atoms with Gasteiger partial charge in [-0.15, -0.1) is 0 Å². The van der Waals surface area contributed by atoms with E-state index in [9.17, 15) is 4.57 Å². The Morgan fingerprint density at radius 1 is 1.38 bits per heavy atom. The van der Waals surface area contributed by atoms with Crippen LogP contribution in [0.25, 0.3) is 0 Å². The summed E-state index contributed by atoms with van der Waals surface area (Å²) < 4.78 is 14.6. The number of nitrogens with zero attached hydrogens (tertiary/aromatic N) is 1. The summed E-state index contributed by atoms with van der Waals surface area (Å²) in [4.78, 5) is 12.4. The van der Waals surface area contributed by atoms with E-state index in [0.717, 1.165) is 5.69 Å². The van der Waals surface area contributed by atoms with Gasteiger partial charge in [-0.25, -0.2) is 0 Å². The molecule has 0 radical (unpaired) electrons. The molecule has 0 amide bonds. The van der Waals surface area contributed by atoms with Gasteiger partial charge in [-0.1, -0.05) is 32.8 Å². The lowest BCUT2D eigenvalue weighted by atomic mass is 10.3. The highest BCUT2D eigenvalue weighted by Crippen LogP contribution is 2.14. The predicted molar refractivity (Wildman–Crippen MR) is 65.7 cm³/mol. The largest absolute Gasteiger partial charge is 0.326 e. The van der Waals surface area contributed by atoms with Crippen molar-refractivity contribution < 1.29 is 14.0 Å². The van der Waals surface area contributed by atoms with E-state index < -0.39 is 8.25 Å². The summed E-state index contributed by atoms with van der Waals surface area (Å²) in [5.41, 5.74) is 0.862. The maximum absolute atomic E-state index is 10.1. The number of pyridine rings is 1. The Hall–Kier alpha value is -0.700. The van der Waals surface area contributed by atoms with Crippen LogP contribution in [0.5, 0.6) is 0 Å². The van der Waals surface area contributed by atoms with Crippen LogP contribution in [0.1, 0.15) is 32.4 Å². The van der Waals surface area contributed by atoms with Crippen LogP contribution < -0.4 is 0 Å². The van der Waals surface area contributed by atoms with Crippen molar-refractivity contribution >= 4 is 8.25 Å². The van der Waals surface area contributed by atoms with Crippen LogP contribution in [-0.4, -0.2) is 16.5 Å². The monoisotopic (exact) mass is 245 g/mol. The first-order valence-electron chi connectivity index (χ1n) is 5.46. The van der Waals surface area contributed by atoms with Crippen molar-refractivity contribution in [2.75, 3.05) is 6.61 Å². The van der Waals surface area contributed by atoms with Crippen molar-refractivity contribution in [2.24, 2.45) is 0 Å². The fourth-order valence-corrected chi connectivity index (χ4v) is 1.07. The SMILES string of the molecule is CCCC.O=[PH](O)OCCc1ccccn1. The van der Waals surface area contributed by atoms with E-state index in [4.69, 9.17) is 4.89 Å². The minimum absolute atomic E-state index is 0.241. The van der Waals surface area contributed by atoms with Gasteiger partial charge in [-0.05, 0) is 12.1 Å². The van der Waals surface area contributed by atoms with Crippen LogP contribution in [0.15, 0.2) is 24.4 Å². The fraction of sp³-hybridized carbons (Fsp3) is 0.545. The molecule has 1 atom stereocenters. The predicted octanol–water partition coefficient (Wildman–Crippen LogP) is 2.83. The normalized spacial score (nSPS) is 11.4. The van der Waals surface area contributed by atoms with Gasteiger partial charge in [0.25, 0.3) is 0 Å². The molecule has 0 saturated heterocycles. The van der Waals surface area contributed by atoms with Crippen molar-refractivity contribution in [3.8, 4) is 0 Å². The molecule has 1 aromatic rings. The molecule has 0 fully saturated rings. The highest BCUT2D eigenvalue weighted by atomic mass is 31.1. The van der Waals surface area contributed by atoms with Gasteiger partial charge in [-0.3, -0.25) is 9.55 Å². The van der Waals surface area contributed by atoms with Crippen molar-refractivity contribution in [2.45, 2.75) is 33.1 Å². The highest BCUT2D eigenvalue weighted by Gasteiger charge is 1.94. The van der Waals surface area contributed by atoms with Crippen LogP contribution in [0.4, 0.5) is 0 Å². The summed E-state index contributed by atoms with van der Waals surface area (Å²) in [5, 5.41) is 0. The summed E-state index contributed by atoms with van der Waals surface area (Å²) in [6.45, 7) is 4.60. The van der Waals surface area contributed by atoms with Crippen molar-refractivity contribution in [1.82, 2.24) is 4.98 Å². The van der Waals surface area contributed by atoms with E-state index in [0.29, 0.717) is 6.42 Å². The molecule has 4 nitrogen and oxygen atoms in total. The molecule has 5 heteroatoms. The maximum Gasteiger partial charge on any atom is 0.316 e. The third kappa shape index (κ3) is 9.84. The van der Waals surface area contributed by atoms with E-state index in [1.807, 2.05) is 18.2 Å². The van der Waals surface area contributed by atoms with E-state index >= 15 is 0 Å².